The maximum absolute atomic E-state index is 11.6. The molecule has 2 aliphatic rings. The van der Waals surface area contributed by atoms with Crippen molar-refractivity contribution in [2.45, 2.75) is 56.2 Å². The third-order valence-electron chi connectivity index (χ3n) is 4.34. The minimum atomic E-state index is -2.88. The number of sulfone groups is 1. The van der Waals surface area contributed by atoms with Gasteiger partial charge in [-0.15, -0.1) is 0 Å². The fourth-order valence-corrected chi connectivity index (χ4v) is 4.24. The highest BCUT2D eigenvalue weighted by atomic mass is 32.2. The minimum Gasteiger partial charge on any atom is -0.271 e. The van der Waals surface area contributed by atoms with Gasteiger partial charge in [0.25, 0.3) is 0 Å². The summed E-state index contributed by atoms with van der Waals surface area (Å²) in [6.45, 7) is 0. The second-order valence-electron chi connectivity index (χ2n) is 5.83. The van der Waals surface area contributed by atoms with E-state index in [1.165, 1.54) is 19.1 Å². The summed E-state index contributed by atoms with van der Waals surface area (Å²) in [4.78, 5) is 0. The van der Waals surface area contributed by atoms with Gasteiger partial charge in [0.15, 0.2) is 0 Å². The van der Waals surface area contributed by atoms with Gasteiger partial charge >= 0.3 is 0 Å². The molecule has 3 unspecified atom stereocenters. The Labute approximate surface area is 104 Å². The molecule has 0 aromatic carbocycles. The van der Waals surface area contributed by atoms with Gasteiger partial charge in [0.05, 0.1) is 5.25 Å². The SMILES string of the molecule is CS(=O)(=O)C1CCCC(C(CC2CC2)NN)C1. The number of hydrogen-bond acceptors (Lipinski definition) is 4. The van der Waals surface area contributed by atoms with Crippen molar-refractivity contribution < 1.29 is 8.42 Å². The number of nitrogens with one attached hydrogen (secondary N) is 1. The molecule has 0 aromatic heterocycles. The molecule has 3 N–H and O–H groups in total. The van der Waals surface area contributed by atoms with E-state index in [0.29, 0.717) is 12.0 Å². The average Bonchev–Trinajstić information content (AvgIpc) is 3.09. The van der Waals surface area contributed by atoms with E-state index in [-0.39, 0.29) is 5.25 Å². The van der Waals surface area contributed by atoms with Crippen LogP contribution in [0.2, 0.25) is 0 Å². The van der Waals surface area contributed by atoms with Gasteiger partial charge in [-0.05, 0) is 37.5 Å². The minimum absolute atomic E-state index is 0.142. The van der Waals surface area contributed by atoms with Gasteiger partial charge < -0.3 is 0 Å². The van der Waals surface area contributed by atoms with Crippen molar-refractivity contribution in [2.24, 2.45) is 17.7 Å². The van der Waals surface area contributed by atoms with Gasteiger partial charge in [-0.25, -0.2) is 8.42 Å². The first-order chi connectivity index (χ1) is 8.00. The third kappa shape index (κ3) is 3.66. The van der Waals surface area contributed by atoms with Crippen LogP contribution in [0.5, 0.6) is 0 Å². The van der Waals surface area contributed by atoms with Crippen LogP contribution < -0.4 is 11.3 Å². The molecule has 0 bridgehead atoms. The largest absolute Gasteiger partial charge is 0.271 e. The maximum Gasteiger partial charge on any atom is 0.150 e. The second-order valence-corrected chi connectivity index (χ2v) is 8.16. The summed E-state index contributed by atoms with van der Waals surface area (Å²) in [5.74, 6) is 6.90. The van der Waals surface area contributed by atoms with Crippen LogP contribution in [0.3, 0.4) is 0 Å². The van der Waals surface area contributed by atoms with Gasteiger partial charge in [-0.1, -0.05) is 19.3 Å². The van der Waals surface area contributed by atoms with Crippen molar-refractivity contribution in [3.63, 3.8) is 0 Å². The predicted molar refractivity (Wildman–Crippen MR) is 69.0 cm³/mol. The van der Waals surface area contributed by atoms with Gasteiger partial charge in [-0.3, -0.25) is 11.3 Å². The van der Waals surface area contributed by atoms with Crippen LogP contribution in [0.1, 0.15) is 44.9 Å². The fourth-order valence-electron chi connectivity index (χ4n) is 3.04. The Kier molecular flexibility index (Phi) is 4.10. The molecule has 4 nitrogen and oxygen atoms in total. The molecule has 0 radical (unpaired) electrons. The number of hydrazine groups is 1. The van der Waals surface area contributed by atoms with E-state index in [2.05, 4.69) is 5.43 Å². The summed E-state index contributed by atoms with van der Waals surface area (Å²) in [5.41, 5.74) is 2.92. The topological polar surface area (TPSA) is 72.2 Å². The highest BCUT2D eigenvalue weighted by Crippen LogP contribution is 2.38. The molecule has 0 heterocycles. The van der Waals surface area contributed by atoms with Crippen LogP contribution >= 0.6 is 0 Å². The molecule has 2 aliphatic carbocycles. The van der Waals surface area contributed by atoms with Crippen molar-refractivity contribution in [3.05, 3.63) is 0 Å². The Balaban J connectivity index is 1.94. The van der Waals surface area contributed by atoms with E-state index < -0.39 is 9.84 Å². The van der Waals surface area contributed by atoms with Crippen LogP contribution in [-0.2, 0) is 9.84 Å². The Morgan fingerprint density at radius 2 is 2.00 bits per heavy atom. The number of rotatable bonds is 5. The molecule has 0 aromatic rings. The van der Waals surface area contributed by atoms with Crippen LogP contribution in [0.15, 0.2) is 0 Å². The van der Waals surface area contributed by atoms with Crippen LogP contribution in [0.4, 0.5) is 0 Å². The molecule has 17 heavy (non-hydrogen) atoms. The molecular weight excluding hydrogens is 236 g/mol. The smallest absolute Gasteiger partial charge is 0.150 e. The second kappa shape index (κ2) is 5.24. The lowest BCUT2D eigenvalue weighted by Gasteiger charge is -2.33. The van der Waals surface area contributed by atoms with Crippen LogP contribution in [0.25, 0.3) is 0 Å². The zero-order chi connectivity index (χ0) is 12.5. The highest BCUT2D eigenvalue weighted by Gasteiger charge is 2.35. The lowest BCUT2D eigenvalue weighted by atomic mass is 9.82. The highest BCUT2D eigenvalue weighted by molar-refractivity contribution is 7.91. The van der Waals surface area contributed by atoms with E-state index in [1.807, 2.05) is 0 Å². The molecule has 0 aliphatic heterocycles. The molecule has 100 valence electrons. The number of nitrogens with two attached hydrogens (primary N) is 1. The third-order valence-corrected chi connectivity index (χ3v) is 5.98. The lowest BCUT2D eigenvalue weighted by molar-refractivity contribution is 0.254. The summed E-state index contributed by atoms with van der Waals surface area (Å²) in [7, 11) is -2.88. The molecule has 5 heteroatoms. The summed E-state index contributed by atoms with van der Waals surface area (Å²) >= 11 is 0. The first kappa shape index (κ1) is 13.3. The number of hydrogen-bond donors (Lipinski definition) is 2. The Morgan fingerprint density at radius 1 is 1.29 bits per heavy atom. The standard InChI is InChI=1S/C12H24N2O2S/c1-17(15,16)11-4-2-3-10(8-11)12(14-13)7-9-5-6-9/h9-12,14H,2-8,13H2,1H3. The van der Waals surface area contributed by atoms with Gasteiger partial charge in [0, 0.05) is 12.3 Å². The van der Waals surface area contributed by atoms with Crippen molar-refractivity contribution in [2.75, 3.05) is 6.26 Å². The monoisotopic (exact) mass is 260 g/mol. The lowest BCUT2D eigenvalue weighted by Crippen LogP contribution is -2.44. The van der Waals surface area contributed by atoms with Crippen molar-refractivity contribution in [3.8, 4) is 0 Å². The Bertz CT molecular complexity index is 352. The fraction of sp³-hybridized carbons (Fsp3) is 1.00. The Hall–Kier alpha value is -0.130. The summed E-state index contributed by atoms with van der Waals surface area (Å²) in [5, 5.41) is -0.142. The van der Waals surface area contributed by atoms with Crippen molar-refractivity contribution >= 4 is 9.84 Å². The van der Waals surface area contributed by atoms with E-state index in [0.717, 1.165) is 38.0 Å². The zero-order valence-corrected chi connectivity index (χ0v) is 11.4. The molecule has 0 amide bonds. The first-order valence-corrected chi connectivity index (χ1v) is 8.61. The van der Waals surface area contributed by atoms with Crippen LogP contribution in [0, 0.1) is 11.8 Å². The molecule has 2 saturated carbocycles. The average molecular weight is 260 g/mol. The van der Waals surface area contributed by atoms with Crippen molar-refractivity contribution in [1.29, 1.82) is 0 Å². The molecule has 3 atom stereocenters. The van der Waals surface area contributed by atoms with Gasteiger partial charge in [0.1, 0.15) is 9.84 Å². The summed E-state index contributed by atoms with van der Waals surface area (Å²) in [6.07, 6.45) is 8.89. The summed E-state index contributed by atoms with van der Waals surface area (Å²) < 4.78 is 23.3. The van der Waals surface area contributed by atoms with E-state index in [4.69, 9.17) is 5.84 Å². The van der Waals surface area contributed by atoms with E-state index in [9.17, 15) is 8.42 Å². The molecule has 0 spiro atoms. The van der Waals surface area contributed by atoms with Gasteiger partial charge in [-0.2, -0.15) is 0 Å². The predicted octanol–water partition coefficient (Wildman–Crippen LogP) is 1.22. The zero-order valence-electron chi connectivity index (χ0n) is 10.6. The van der Waals surface area contributed by atoms with Crippen LogP contribution in [-0.4, -0.2) is 26.0 Å². The molecular formula is C12H24N2O2S. The molecule has 2 fully saturated rings. The van der Waals surface area contributed by atoms with Gasteiger partial charge in [0.2, 0.25) is 0 Å². The molecule has 2 rings (SSSR count). The summed E-state index contributed by atoms with van der Waals surface area (Å²) in [6, 6.07) is 0.312. The Morgan fingerprint density at radius 3 is 2.53 bits per heavy atom. The quantitative estimate of drug-likeness (QED) is 0.576. The van der Waals surface area contributed by atoms with E-state index in [1.54, 1.807) is 0 Å². The first-order valence-electron chi connectivity index (χ1n) is 6.65. The maximum atomic E-state index is 11.6. The normalized spacial score (nSPS) is 32.4. The van der Waals surface area contributed by atoms with Crippen molar-refractivity contribution in [1.82, 2.24) is 5.43 Å². The molecule has 0 saturated heterocycles. The van der Waals surface area contributed by atoms with E-state index >= 15 is 0 Å².